The molecule has 0 radical (unpaired) electrons. The van der Waals surface area contributed by atoms with Gasteiger partial charge in [0.1, 0.15) is 11.4 Å². The Kier molecular flexibility index (Phi) is 13.0. The van der Waals surface area contributed by atoms with Crippen LogP contribution in [0.4, 0.5) is 0 Å². The van der Waals surface area contributed by atoms with Crippen LogP contribution >= 0.6 is 23.4 Å². The molecule has 2 N–H and O–H groups in total. The minimum atomic E-state index is -0.440. The summed E-state index contributed by atoms with van der Waals surface area (Å²) < 4.78 is 22.1. The molecule has 0 aliphatic rings. The molecule has 0 bridgehead atoms. The highest BCUT2D eigenvalue weighted by molar-refractivity contribution is 7.97. The average molecular weight is 774 g/mol. The number of thioether (sulfide) groups is 1. The van der Waals surface area contributed by atoms with Crippen LogP contribution in [0.3, 0.4) is 0 Å². The third-order valence-electron chi connectivity index (χ3n) is 9.79. The summed E-state index contributed by atoms with van der Waals surface area (Å²) in [7, 11) is 5.00. The molecule has 0 atom stereocenters. The lowest BCUT2D eigenvalue weighted by Gasteiger charge is -2.13. The topological polar surface area (TPSA) is 126 Å². The summed E-state index contributed by atoms with van der Waals surface area (Å²) in [5.74, 6) is 1.17. The SMILES string of the molecule is COCCOCCn1nc(C)c(-c2c(Cl)ccc3c2c(C)c(C(=O)OC)n3CCCO)c1CSCc1cc(CCc2cc(O)c3ccccc3c2)n(C)n1. The van der Waals surface area contributed by atoms with Crippen molar-refractivity contribution in [1.29, 1.82) is 0 Å². The highest BCUT2D eigenvalue weighted by Gasteiger charge is 2.28. The van der Waals surface area contributed by atoms with Gasteiger partial charge in [0.15, 0.2) is 0 Å². The molecule has 54 heavy (non-hydrogen) atoms. The maximum atomic E-state index is 13.1. The van der Waals surface area contributed by atoms with E-state index in [1.165, 1.54) is 7.11 Å². The van der Waals surface area contributed by atoms with Crippen molar-refractivity contribution >= 4 is 51.0 Å². The second-order valence-electron chi connectivity index (χ2n) is 13.3. The number of nitrogens with zero attached hydrogens (tertiary/aromatic N) is 5. The van der Waals surface area contributed by atoms with E-state index in [0.717, 1.165) is 79.5 Å². The predicted octanol–water partition coefficient (Wildman–Crippen LogP) is 7.42. The molecule has 6 rings (SSSR count). The summed E-state index contributed by atoms with van der Waals surface area (Å²) in [6.45, 7) is 6.34. The molecular weight excluding hydrogens is 726 g/mol. The van der Waals surface area contributed by atoms with Gasteiger partial charge in [-0.2, -0.15) is 10.2 Å². The number of aromatic nitrogens is 5. The van der Waals surface area contributed by atoms with Crippen molar-refractivity contribution in [3.63, 3.8) is 0 Å². The summed E-state index contributed by atoms with van der Waals surface area (Å²) in [6.07, 6.45) is 2.05. The van der Waals surface area contributed by atoms with E-state index in [9.17, 15) is 15.0 Å². The molecule has 0 unspecified atom stereocenters. The number of esters is 1. The second kappa shape index (κ2) is 17.9. The van der Waals surface area contributed by atoms with Gasteiger partial charge in [-0.3, -0.25) is 9.36 Å². The molecule has 0 aliphatic carbocycles. The summed E-state index contributed by atoms with van der Waals surface area (Å²) in [4.78, 5) is 13.1. The Morgan fingerprint density at radius 2 is 1.76 bits per heavy atom. The van der Waals surface area contributed by atoms with Crippen LogP contribution in [0.5, 0.6) is 5.75 Å². The number of hydrogen-bond acceptors (Lipinski definition) is 9. The van der Waals surface area contributed by atoms with E-state index in [1.807, 2.05) is 77.3 Å². The van der Waals surface area contributed by atoms with Crippen LogP contribution in [0, 0.1) is 13.8 Å². The van der Waals surface area contributed by atoms with Crippen LogP contribution < -0.4 is 0 Å². The third kappa shape index (κ3) is 8.33. The zero-order valence-corrected chi connectivity index (χ0v) is 33.1. The molecular formula is C41H48ClN5O6S. The van der Waals surface area contributed by atoms with Crippen molar-refractivity contribution in [1.82, 2.24) is 24.1 Å². The van der Waals surface area contributed by atoms with Crippen LogP contribution in [0.25, 0.3) is 32.8 Å². The van der Waals surface area contributed by atoms with E-state index in [0.29, 0.717) is 67.3 Å². The number of rotatable bonds is 18. The maximum absolute atomic E-state index is 13.1. The first kappa shape index (κ1) is 39.4. The Hall–Kier alpha value is -4.33. The third-order valence-corrected chi connectivity index (χ3v) is 11.1. The fourth-order valence-electron chi connectivity index (χ4n) is 7.25. The minimum absolute atomic E-state index is 0.00769. The standard InChI is InChI=1S/C41H48ClN5O6S/c1-26-37-34(46(15-8-17-48)40(26)41(50)52-5)14-13-33(42)39(37)38-27(2)43-47(16-18-53-20-19-51-4)35(38)25-54-24-30-23-31(45(3)44-30)12-11-28-21-29-9-6-7-10-32(29)36(49)22-28/h6-7,9-10,13-14,21-23,48-49H,8,11-12,15-20,24-25H2,1-5H3. The van der Waals surface area contributed by atoms with E-state index in [4.69, 9.17) is 36.0 Å². The molecule has 286 valence electrons. The maximum Gasteiger partial charge on any atom is 0.354 e. The average Bonchev–Trinajstić information content (AvgIpc) is 3.78. The van der Waals surface area contributed by atoms with Crippen LogP contribution in [0.15, 0.2) is 54.6 Å². The number of methoxy groups -OCH3 is 2. The van der Waals surface area contributed by atoms with Crippen LogP contribution in [0.1, 0.15) is 50.8 Å². The van der Waals surface area contributed by atoms with E-state index in [-0.39, 0.29) is 6.61 Å². The van der Waals surface area contributed by atoms with Crippen molar-refractivity contribution in [2.45, 2.75) is 57.7 Å². The number of fused-ring (bicyclic) bond motifs is 2. The minimum Gasteiger partial charge on any atom is -0.507 e. The van der Waals surface area contributed by atoms with Gasteiger partial charge < -0.3 is 29.0 Å². The number of phenols is 1. The summed E-state index contributed by atoms with van der Waals surface area (Å²) in [6, 6.07) is 17.8. The van der Waals surface area contributed by atoms with Crippen molar-refractivity contribution in [3.05, 3.63) is 99.2 Å². The normalized spacial score (nSPS) is 11.7. The predicted molar refractivity (Wildman–Crippen MR) is 215 cm³/mol. The highest BCUT2D eigenvalue weighted by atomic mass is 35.5. The monoisotopic (exact) mass is 773 g/mol. The van der Waals surface area contributed by atoms with Crippen molar-refractivity contribution in [2.24, 2.45) is 7.05 Å². The molecule has 3 aromatic heterocycles. The van der Waals surface area contributed by atoms with Gasteiger partial charge in [-0.15, -0.1) is 11.8 Å². The fourth-order valence-corrected chi connectivity index (χ4v) is 8.45. The number of carbonyl (C=O) groups is 1. The number of hydrogen-bond donors (Lipinski definition) is 2. The van der Waals surface area contributed by atoms with Gasteiger partial charge in [-0.25, -0.2) is 4.79 Å². The van der Waals surface area contributed by atoms with Gasteiger partial charge in [-0.05, 0) is 73.9 Å². The number of aliphatic hydroxyl groups is 1. The molecule has 3 heterocycles. The number of aryl methyl sites for hydroxylation is 6. The first-order chi connectivity index (χ1) is 26.2. The number of halogens is 1. The van der Waals surface area contributed by atoms with Crippen molar-refractivity contribution in [2.75, 3.05) is 40.6 Å². The molecule has 11 nitrogen and oxygen atoms in total. The fraction of sp³-hybridized carbons (Fsp3) is 0.390. The number of phenolic OH excluding ortho intramolecular Hbond substituents is 1. The number of aromatic hydroxyl groups is 1. The van der Waals surface area contributed by atoms with Gasteiger partial charge >= 0.3 is 5.97 Å². The second-order valence-corrected chi connectivity index (χ2v) is 14.7. The molecule has 0 saturated heterocycles. The summed E-state index contributed by atoms with van der Waals surface area (Å²) in [5.41, 5.74) is 8.79. The van der Waals surface area contributed by atoms with Gasteiger partial charge in [0.05, 0.1) is 50.6 Å². The molecule has 0 fully saturated rings. The molecule has 6 aromatic rings. The first-order valence-electron chi connectivity index (χ1n) is 18.1. The quantitative estimate of drug-likeness (QED) is 0.0678. The molecule has 13 heteroatoms. The molecule has 0 spiro atoms. The number of ether oxygens (including phenoxy) is 3. The molecule has 3 aromatic carbocycles. The largest absolute Gasteiger partial charge is 0.507 e. The summed E-state index contributed by atoms with van der Waals surface area (Å²) >= 11 is 8.84. The zero-order chi connectivity index (χ0) is 38.4. The molecule has 0 amide bonds. The Balaban J connectivity index is 1.29. The van der Waals surface area contributed by atoms with Gasteiger partial charge in [0.2, 0.25) is 0 Å². The van der Waals surface area contributed by atoms with Crippen LogP contribution in [-0.2, 0) is 58.7 Å². The highest BCUT2D eigenvalue weighted by Crippen LogP contribution is 2.43. The Morgan fingerprint density at radius 1 is 0.944 bits per heavy atom. The van der Waals surface area contributed by atoms with Crippen molar-refractivity contribution in [3.8, 4) is 16.9 Å². The van der Waals surface area contributed by atoms with E-state index in [1.54, 1.807) is 18.9 Å². The molecule has 0 saturated carbocycles. The summed E-state index contributed by atoms with van der Waals surface area (Å²) in [5, 5.41) is 33.4. The van der Waals surface area contributed by atoms with Gasteiger partial charge in [-0.1, -0.05) is 41.9 Å². The Bertz CT molecular complexity index is 2260. The Labute approximate surface area is 324 Å². The molecule has 0 aliphatic heterocycles. The van der Waals surface area contributed by atoms with Crippen LogP contribution in [0.2, 0.25) is 5.02 Å². The lowest BCUT2D eigenvalue weighted by atomic mass is 9.97. The van der Waals surface area contributed by atoms with Gasteiger partial charge in [0.25, 0.3) is 0 Å². The van der Waals surface area contributed by atoms with E-state index < -0.39 is 5.97 Å². The lowest BCUT2D eigenvalue weighted by Crippen LogP contribution is -2.12. The van der Waals surface area contributed by atoms with E-state index in [2.05, 4.69) is 12.1 Å². The van der Waals surface area contributed by atoms with Crippen LogP contribution in [-0.4, -0.2) is 81.0 Å². The first-order valence-corrected chi connectivity index (χ1v) is 19.6. The number of aliphatic hydroxyl groups excluding tert-OH is 1. The number of benzene rings is 3. The smallest absolute Gasteiger partial charge is 0.354 e. The van der Waals surface area contributed by atoms with E-state index >= 15 is 0 Å². The Morgan fingerprint density at radius 3 is 2.54 bits per heavy atom. The number of carbonyl (C=O) groups excluding carboxylic acids is 1. The van der Waals surface area contributed by atoms with Crippen molar-refractivity contribution < 1.29 is 29.2 Å². The lowest BCUT2D eigenvalue weighted by molar-refractivity contribution is 0.0587. The van der Waals surface area contributed by atoms with Gasteiger partial charge in [0, 0.05) is 76.9 Å². The zero-order valence-electron chi connectivity index (χ0n) is 31.5.